The van der Waals surface area contributed by atoms with E-state index < -0.39 is 17.6 Å². The highest BCUT2D eigenvalue weighted by Gasteiger charge is 2.18. The first-order valence-electron chi connectivity index (χ1n) is 10.1. The molecule has 0 unspecified atom stereocenters. The molecule has 0 saturated carbocycles. The molecule has 154 valence electrons. The van der Waals surface area contributed by atoms with Gasteiger partial charge in [0.1, 0.15) is 23.5 Å². The Labute approximate surface area is 178 Å². The Bertz CT molecular complexity index is 1360. The fraction of sp³-hybridized carbons (Fsp3) is 0.154. The number of aryl methyl sites for hydroxylation is 1. The van der Waals surface area contributed by atoms with Crippen molar-refractivity contribution in [2.24, 2.45) is 0 Å². The Morgan fingerprint density at radius 3 is 2.48 bits per heavy atom. The Hall–Kier alpha value is -3.78. The second-order valence-electron chi connectivity index (χ2n) is 7.39. The van der Waals surface area contributed by atoms with Crippen LogP contribution in [0.4, 0.5) is 8.78 Å². The second-order valence-corrected chi connectivity index (χ2v) is 7.39. The van der Waals surface area contributed by atoms with Crippen molar-refractivity contribution < 1.29 is 18.3 Å². The minimum atomic E-state index is -0.932. The molecule has 0 aliphatic heterocycles. The first-order valence-corrected chi connectivity index (χ1v) is 10.1. The van der Waals surface area contributed by atoms with Crippen LogP contribution in [0.5, 0.6) is 5.75 Å². The van der Waals surface area contributed by atoms with Gasteiger partial charge in [-0.15, -0.1) is 0 Å². The highest BCUT2D eigenvalue weighted by Crippen LogP contribution is 2.30. The van der Waals surface area contributed by atoms with Crippen LogP contribution in [0.25, 0.3) is 21.5 Å². The molecular weight excluding hydrogens is 396 g/mol. The van der Waals surface area contributed by atoms with E-state index in [0.29, 0.717) is 10.8 Å². The molecule has 4 aromatic rings. The van der Waals surface area contributed by atoms with Crippen LogP contribution in [0.3, 0.4) is 0 Å². The van der Waals surface area contributed by atoms with E-state index in [0.717, 1.165) is 36.1 Å². The molecule has 0 bridgehead atoms. The number of esters is 1. The van der Waals surface area contributed by atoms with E-state index in [1.165, 1.54) is 23.8 Å². The normalized spacial score (nSPS) is 10.9. The summed E-state index contributed by atoms with van der Waals surface area (Å²) < 4.78 is 34.0. The molecule has 3 nitrogen and oxygen atoms in total. The monoisotopic (exact) mass is 415 g/mol. The number of fused-ring (bicyclic) bond motifs is 3. The minimum absolute atomic E-state index is 0.0980. The molecule has 0 amide bonds. The van der Waals surface area contributed by atoms with Gasteiger partial charge in [-0.05, 0) is 52.8 Å². The van der Waals surface area contributed by atoms with Gasteiger partial charge in [-0.3, -0.25) is 0 Å². The van der Waals surface area contributed by atoms with Gasteiger partial charge in [-0.25, -0.2) is 13.6 Å². The average Bonchev–Trinajstić information content (AvgIpc) is 2.77. The predicted octanol–water partition coefficient (Wildman–Crippen LogP) is 6.70. The highest BCUT2D eigenvalue weighted by atomic mass is 19.1. The van der Waals surface area contributed by atoms with Crippen molar-refractivity contribution in [1.82, 2.24) is 0 Å². The summed E-state index contributed by atoms with van der Waals surface area (Å²) in [6.45, 7) is 2.15. The minimum Gasteiger partial charge on any atom is -0.423 e. The van der Waals surface area contributed by atoms with Gasteiger partial charge >= 0.3 is 5.97 Å². The summed E-state index contributed by atoms with van der Waals surface area (Å²) in [5, 5.41) is 11.7. The van der Waals surface area contributed by atoms with Crippen LogP contribution in [-0.2, 0) is 6.42 Å². The third-order valence-corrected chi connectivity index (χ3v) is 5.33. The number of benzene rings is 4. The molecule has 0 spiro atoms. The van der Waals surface area contributed by atoms with Crippen LogP contribution in [0.15, 0.2) is 60.7 Å². The third kappa shape index (κ3) is 3.97. The van der Waals surface area contributed by atoms with Gasteiger partial charge in [0.2, 0.25) is 0 Å². The molecule has 4 rings (SSSR count). The number of ether oxygens (including phenoxy) is 1. The average molecular weight is 415 g/mol. The predicted molar refractivity (Wildman–Crippen MR) is 116 cm³/mol. The molecule has 0 heterocycles. The largest absolute Gasteiger partial charge is 0.423 e. The van der Waals surface area contributed by atoms with Crippen LogP contribution in [0.2, 0.25) is 0 Å². The molecule has 0 aliphatic carbocycles. The number of nitriles is 1. The van der Waals surface area contributed by atoms with E-state index in [1.54, 1.807) is 18.2 Å². The number of rotatable bonds is 5. The molecule has 31 heavy (non-hydrogen) atoms. The smallest absolute Gasteiger partial charge is 0.346 e. The maximum atomic E-state index is 15.2. The number of hydrogen-bond acceptors (Lipinski definition) is 3. The lowest BCUT2D eigenvalue weighted by Crippen LogP contribution is -2.11. The van der Waals surface area contributed by atoms with Gasteiger partial charge in [0, 0.05) is 11.5 Å². The van der Waals surface area contributed by atoms with E-state index in [2.05, 4.69) is 19.1 Å². The van der Waals surface area contributed by atoms with E-state index in [9.17, 15) is 9.18 Å². The van der Waals surface area contributed by atoms with Crippen molar-refractivity contribution in [2.45, 2.75) is 26.2 Å². The Balaban J connectivity index is 1.68. The van der Waals surface area contributed by atoms with Crippen LogP contribution in [0, 0.1) is 23.0 Å². The SMILES string of the molecule is CCCCc1ccc2c(ccc3c(F)c(C(=O)Oc4ccc(C#N)c(F)c4)ccc32)c1. The number of carbonyl (C=O) groups excluding carboxylic acids is 1. The maximum Gasteiger partial charge on any atom is 0.346 e. The molecular formula is C26H19F2NO2. The number of halogens is 2. The lowest BCUT2D eigenvalue weighted by molar-refractivity contribution is 0.0730. The lowest BCUT2D eigenvalue weighted by atomic mass is 9.97. The lowest BCUT2D eigenvalue weighted by Gasteiger charge is -2.10. The standard InChI is InChI=1S/C26H19F2NO2/c1-2-3-4-16-5-9-20-17(13-16)7-10-22-21(20)11-12-23(25(22)28)26(30)31-19-8-6-18(15-29)24(27)14-19/h5-14H,2-4H2,1H3. The molecule has 0 aliphatic rings. The summed E-state index contributed by atoms with van der Waals surface area (Å²) in [7, 11) is 0. The van der Waals surface area contributed by atoms with Crippen molar-refractivity contribution >= 4 is 27.5 Å². The number of carbonyl (C=O) groups is 1. The summed E-state index contributed by atoms with van der Waals surface area (Å²) in [6.07, 6.45) is 3.23. The van der Waals surface area contributed by atoms with E-state index >= 15 is 4.39 Å². The van der Waals surface area contributed by atoms with Crippen molar-refractivity contribution in [3.05, 3.63) is 89.0 Å². The van der Waals surface area contributed by atoms with Gasteiger partial charge in [-0.2, -0.15) is 5.26 Å². The third-order valence-electron chi connectivity index (χ3n) is 5.33. The maximum absolute atomic E-state index is 15.2. The fourth-order valence-electron chi connectivity index (χ4n) is 3.67. The summed E-state index contributed by atoms with van der Waals surface area (Å²) in [4.78, 5) is 12.5. The summed E-state index contributed by atoms with van der Waals surface area (Å²) in [5.41, 5.74) is 0.835. The van der Waals surface area contributed by atoms with Gasteiger partial charge in [-0.1, -0.05) is 49.7 Å². The zero-order chi connectivity index (χ0) is 22.0. The first-order chi connectivity index (χ1) is 15.0. The molecule has 0 fully saturated rings. The van der Waals surface area contributed by atoms with Gasteiger partial charge < -0.3 is 4.74 Å². The number of nitrogens with zero attached hydrogens (tertiary/aromatic N) is 1. The summed E-state index contributed by atoms with van der Waals surface area (Å²) in [5.74, 6) is -2.53. The van der Waals surface area contributed by atoms with Crippen LogP contribution < -0.4 is 4.74 Å². The first kappa shape index (κ1) is 20.5. The quantitative estimate of drug-likeness (QED) is 0.207. The number of hydrogen-bond donors (Lipinski definition) is 0. The van der Waals surface area contributed by atoms with E-state index in [-0.39, 0.29) is 16.9 Å². The van der Waals surface area contributed by atoms with Crippen molar-refractivity contribution in [3.8, 4) is 11.8 Å². The topological polar surface area (TPSA) is 50.1 Å². The summed E-state index contributed by atoms with van der Waals surface area (Å²) in [6, 6.07) is 17.9. The Morgan fingerprint density at radius 2 is 1.74 bits per heavy atom. The molecule has 0 saturated heterocycles. The molecule has 4 aromatic carbocycles. The highest BCUT2D eigenvalue weighted by molar-refractivity contribution is 6.09. The van der Waals surface area contributed by atoms with Gasteiger partial charge in [0.25, 0.3) is 0 Å². The van der Waals surface area contributed by atoms with Crippen LogP contribution in [0.1, 0.15) is 41.3 Å². The molecule has 0 radical (unpaired) electrons. The van der Waals surface area contributed by atoms with Gasteiger partial charge in [0.05, 0.1) is 11.1 Å². The van der Waals surface area contributed by atoms with E-state index in [4.69, 9.17) is 10.00 Å². The van der Waals surface area contributed by atoms with Crippen molar-refractivity contribution in [3.63, 3.8) is 0 Å². The zero-order valence-electron chi connectivity index (χ0n) is 16.9. The molecule has 5 heteroatoms. The number of unbranched alkanes of at least 4 members (excludes halogenated alkanes) is 1. The molecule has 0 N–H and O–H groups in total. The molecule has 0 atom stereocenters. The van der Waals surface area contributed by atoms with Crippen molar-refractivity contribution in [1.29, 1.82) is 5.26 Å². The van der Waals surface area contributed by atoms with Crippen molar-refractivity contribution in [2.75, 3.05) is 0 Å². The second kappa shape index (κ2) is 8.53. The van der Waals surface area contributed by atoms with Crippen LogP contribution >= 0.6 is 0 Å². The Kier molecular flexibility index (Phi) is 5.64. The zero-order valence-corrected chi connectivity index (χ0v) is 16.9. The molecule has 0 aromatic heterocycles. The fourth-order valence-corrected chi connectivity index (χ4v) is 3.67. The van der Waals surface area contributed by atoms with E-state index in [1.807, 2.05) is 12.1 Å². The van der Waals surface area contributed by atoms with Gasteiger partial charge in [0.15, 0.2) is 0 Å². The van der Waals surface area contributed by atoms with Crippen LogP contribution in [-0.4, -0.2) is 5.97 Å². The summed E-state index contributed by atoms with van der Waals surface area (Å²) >= 11 is 0. The Morgan fingerprint density at radius 1 is 0.968 bits per heavy atom.